The predicted molar refractivity (Wildman–Crippen MR) is 96.6 cm³/mol. The first-order valence-corrected chi connectivity index (χ1v) is 10.7. The van der Waals surface area contributed by atoms with Crippen molar-refractivity contribution < 1.29 is 8.42 Å². The first kappa shape index (κ1) is 18.6. The number of aliphatic imine (C=N–C) groups is 1. The first-order chi connectivity index (χ1) is 10.8. The van der Waals surface area contributed by atoms with Crippen LogP contribution in [0.25, 0.3) is 0 Å². The smallest absolute Gasteiger partial charge is 0.194 e. The second kappa shape index (κ2) is 6.99. The maximum Gasteiger partial charge on any atom is 0.194 e. The van der Waals surface area contributed by atoms with E-state index in [-0.39, 0.29) is 5.75 Å². The standard InChI is InChI=1S/C17H33N3O2S/c1-5-17(9-7-8-10-17)13-19-15(18-6-2)20-11-12-23(21,22)16(3,4)14-20/h5-14H2,1-4H3,(H,18,19). The number of hydrogen-bond acceptors (Lipinski definition) is 3. The van der Waals surface area contributed by atoms with Crippen LogP contribution in [0.15, 0.2) is 4.99 Å². The van der Waals surface area contributed by atoms with Gasteiger partial charge in [0.2, 0.25) is 0 Å². The maximum atomic E-state index is 12.2. The fourth-order valence-corrected chi connectivity index (χ4v) is 5.11. The molecule has 23 heavy (non-hydrogen) atoms. The summed E-state index contributed by atoms with van der Waals surface area (Å²) in [5, 5.41) is 3.36. The summed E-state index contributed by atoms with van der Waals surface area (Å²) >= 11 is 0. The van der Waals surface area contributed by atoms with Gasteiger partial charge in [-0.1, -0.05) is 19.8 Å². The van der Waals surface area contributed by atoms with E-state index >= 15 is 0 Å². The van der Waals surface area contributed by atoms with Crippen LogP contribution < -0.4 is 5.32 Å². The van der Waals surface area contributed by atoms with Crippen LogP contribution in [0.5, 0.6) is 0 Å². The molecule has 0 aromatic heterocycles. The Kier molecular flexibility index (Phi) is 5.64. The van der Waals surface area contributed by atoms with Gasteiger partial charge in [-0.15, -0.1) is 0 Å². The van der Waals surface area contributed by atoms with E-state index in [1.54, 1.807) is 0 Å². The minimum atomic E-state index is -3.01. The normalized spacial score (nSPS) is 26.3. The van der Waals surface area contributed by atoms with Crippen molar-refractivity contribution in [1.82, 2.24) is 10.2 Å². The fourth-order valence-electron chi connectivity index (χ4n) is 3.74. The minimum absolute atomic E-state index is 0.212. The molecule has 0 bridgehead atoms. The summed E-state index contributed by atoms with van der Waals surface area (Å²) in [5.41, 5.74) is 0.359. The Bertz CT molecular complexity index is 534. The molecule has 0 aromatic carbocycles. The molecule has 0 unspecified atom stereocenters. The third kappa shape index (κ3) is 4.01. The average molecular weight is 344 g/mol. The van der Waals surface area contributed by atoms with Crippen molar-refractivity contribution in [3.63, 3.8) is 0 Å². The van der Waals surface area contributed by atoms with E-state index in [4.69, 9.17) is 4.99 Å². The lowest BCUT2D eigenvalue weighted by Crippen LogP contribution is -2.57. The van der Waals surface area contributed by atoms with Crippen molar-refractivity contribution >= 4 is 15.8 Å². The summed E-state index contributed by atoms with van der Waals surface area (Å²) in [6.07, 6.45) is 6.35. The summed E-state index contributed by atoms with van der Waals surface area (Å²) in [7, 11) is -3.01. The fraction of sp³-hybridized carbons (Fsp3) is 0.941. The van der Waals surface area contributed by atoms with Crippen LogP contribution in [0.3, 0.4) is 0 Å². The van der Waals surface area contributed by atoms with Gasteiger partial charge in [-0.3, -0.25) is 4.99 Å². The summed E-state index contributed by atoms with van der Waals surface area (Å²) in [4.78, 5) is 7.04. The quantitative estimate of drug-likeness (QED) is 0.629. The molecule has 2 fully saturated rings. The van der Waals surface area contributed by atoms with Gasteiger partial charge in [-0.2, -0.15) is 0 Å². The lowest BCUT2D eigenvalue weighted by Gasteiger charge is -2.39. The van der Waals surface area contributed by atoms with Gasteiger partial charge in [0.15, 0.2) is 15.8 Å². The monoisotopic (exact) mass is 343 g/mol. The number of rotatable bonds is 4. The van der Waals surface area contributed by atoms with E-state index in [9.17, 15) is 8.42 Å². The Morgan fingerprint density at radius 2 is 1.87 bits per heavy atom. The van der Waals surface area contributed by atoms with Crippen molar-refractivity contribution in [2.45, 2.75) is 64.5 Å². The molecule has 5 nitrogen and oxygen atoms in total. The highest BCUT2D eigenvalue weighted by molar-refractivity contribution is 7.92. The van der Waals surface area contributed by atoms with Crippen molar-refractivity contribution in [2.75, 3.05) is 31.9 Å². The average Bonchev–Trinajstić information content (AvgIpc) is 2.96. The van der Waals surface area contributed by atoms with Gasteiger partial charge in [0.1, 0.15) is 0 Å². The molecule has 1 saturated heterocycles. The molecule has 0 atom stereocenters. The molecule has 0 aromatic rings. The van der Waals surface area contributed by atoms with E-state index in [2.05, 4.69) is 24.1 Å². The van der Waals surface area contributed by atoms with E-state index < -0.39 is 14.6 Å². The predicted octanol–water partition coefficient (Wildman–Crippen LogP) is 2.43. The molecule has 0 spiro atoms. The summed E-state index contributed by atoms with van der Waals surface area (Å²) in [6.45, 7) is 10.7. The molecule has 1 saturated carbocycles. The molecule has 1 aliphatic heterocycles. The second-order valence-corrected chi connectivity index (χ2v) is 10.5. The Morgan fingerprint density at radius 1 is 1.22 bits per heavy atom. The minimum Gasteiger partial charge on any atom is -0.357 e. The summed E-state index contributed by atoms with van der Waals surface area (Å²) < 4.78 is 23.7. The SMILES string of the molecule is CCNC(=NCC1(CC)CCCC1)N1CCS(=O)(=O)C(C)(C)C1. The number of nitrogens with one attached hydrogen (secondary N) is 1. The van der Waals surface area contributed by atoms with E-state index in [1.165, 1.54) is 32.1 Å². The van der Waals surface area contributed by atoms with Crippen molar-refractivity contribution in [2.24, 2.45) is 10.4 Å². The second-order valence-electron chi connectivity index (χ2n) is 7.73. The molecular formula is C17H33N3O2S. The molecular weight excluding hydrogens is 310 g/mol. The van der Waals surface area contributed by atoms with Crippen molar-refractivity contribution in [1.29, 1.82) is 0 Å². The number of nitrogens with zero attached hydrogens (tertiary/aromatic N) is 2. The Hall–Kier alpha value is -0.780. The maximum absolute atomic E-state index is 12.2. The number of sulfone groups is 1. The molecule has 1 aliphatic carbocycles. The van der Waals surface area contributed by atoms with Crippen LogP contribution in [-0.2, 0) is 9.84 Å². The highest BCUT2D eigenvalue weighted by Gasteiger charge is 2.41. The number of hydrogen-bond donors (Lipinski definition) is 1. The Morgan fingerprint density at radius 3 is 2.39 bits per heavy atom. The molecule has 6 heteroatoms. The molecule has 134 valence electrons. The molecule has 0 amide bonds. The Labute approximate surface area is 141 Å². The largest absolute Gasteiger partial charge is 0.357 e. The van der Waals surface area contributed by atoms with Gasteiger partial charge >= 0.3 is 0 Å². The number of guanidine groups is 1. The van der Waals surface area contributed by atoms with Crippen molar-refractivity contribution in [3.05, 3.63) is 0 Å². The molecule has 1 N–H and O–H groups in total. The van der Waals surface area contributed by atoms with E-state index in [0.29, 0.717) is 18.5 Å². The molecule has 2 aliphatic rings. The van der Waals surface area contributed by atoms with Gasteiger partial charge in [-0.05, 0) is 45.4 Å². The van der Waals surface area contributed by atoms with Crippen LogP contribution in [0.4, 0.5) is 0 Å². The van der Waals surface area contributed by atoms with Gasteiger partial charge in [-0.25, -0.2) is 8.42 Å². The zero-order chi connectivity index (χ0) is 17.1. The van der Waals surface area contributed by atoms with Crippen molar-refractivity contribution in [3.8, 4) is 0 Å². The topological polar surface area (TPSA) is 61.8 Å². The van der Waals surface area contributed by atoms with Crippen LogP contribution in [-0.4, -0.2) is 56.0 Å². The van der Waals surface area contributed by atoms with E-state index in [0.717, 1.165) is 19.0 Å². The van der Waals surface area contributed by atoms with Gasteiger partial charge in [0.05, 0.1) is 10.5 Å². The lowest BCUT2D eigenvalue weighted by molar-refractivity contribution is 0.292. The third-order valence-electron chi connectivity index (χ3n) is 5.66. The van der Waals surface area contributed by atoms with Crippen LogP contribution in [0.2, 0.25) is 0 Å². The molecule has 1 heterocycles. The molecule has 2 rings (SSSR count). The molecule has 0 radical (unpaired) electrons. The zero-order valence-electron chi connectivity index (χ0n) is 15.2. The van der Waals surface area contributed by atoms with Crippen LogP contribution in [0, 0.1) is 5.41 Å². The highest BCUT2D eigenvalue weighted by Crippen LogP contribution is 2.41. The highest BCUT2D eigenvalue weighted by atomic mass is 32.2. The zero-order valence-corrected chi connectivity index (χ0v) is 16.0. The lowest BCUT2D eigenvalue weighted by atomic mass is 9.83. The van der Waals surface area contributed by atoms with Gasteiger partial charge in [0, 0.05) is 26.2 Å². The summed E-state index contributed by atoms with van der Waals surface area (Å²) in [6, 6.07) is 0. The van der Waals surface area contributed by atoms with E-state index in [1.807, 2.05) is 13.8 Å². The Balaban J connectivity index is 2.13. The van der Waals surface area contributed by atoms with Gasteiger partial charge in [0.25, 0.3) is 0 Å². The van der Waals surface area contributed by atoms with Crippen LogP contribution in [0.1, 0.15) is 59.8 Å². The van der Waals surface area contributed by atoms with Gasteiger partial charge < -0.3 is 10.2 Å². The summed E-state index contributed by atoms with van der Waals surface area (Å²) in [5.74, 6) is 1.10. The first-order valence-electron chi connectivity index (χ1n) is 9.01. The third-order valence-corrected chi connectivity index (χ3v) is 8.19. The van der Waals surface area contributed by atoms with Crippen LogP contribution >= 0.6 is 0 Å².